The van der Waals surface area contributed by atoms with Crippen molar-refractivity contribution in [2.75, 3.05) is 25.1 Å². The topological polar surface area (TPSA) is 79.8 Å². The molecular weight excluding hydrogens is 296 g/mol. The number of aliphatic hydroxyl groups excluding tert-OH is 1. The summed E-state index contributed by atoms with van der Waals surface area (Å²) in [6.45, 7) is 8.92. The summed E-state index contributed by atoms with van der Waals surface area (Å²) in [6, 6.07) is 6.75. The summed E-state index contributed by atoms with van der Waals surface area (Å²) in [5, 5.41) is 15.0. The van der Waals surface area contributed by atoms with E-state index < -0.39 is 6.10 Å². The first-order valence-corrected chi connectivity index (χ1v) is 7.94. The molecule has 2 amide bonds. The van der Waals surface area contributed by atoms with Crippen LogP contribution in [0.1, 0.15) is 27.7 Å². The number of aliphatic hydroxyl groups is 1. The van der Waals surface area contributed by atoms with Crippen molar-refractivity contribution in [2.24, 2.45) is 5.92 Å². The average Bonchev–Trinajstić information content (AvgIpc) is 2.46. The number of urea groups is 1. The van der Waals surface area contributed by atoms with Crippen molar-refractivity contribution in [3.63, 3.8) is 0 Å². The molecule has 6 nitrogen and oxygen atoms in total. The highest BCUT2D eigenvalue weighted by molar-refractivity contribution is 5.89. The fourth-order valence-electron chi connectivity index (χ4n) is 1.77. The zero-order valence-corrected chi connectivity index (χ0v) is 14.3. The van der Waals surface area contributed by atoms with Gasteiger partial charge < -0.3 is 25.2 Å². The maximum Gasteiger partial charge on any atom is 0.319 e. The quantitative estimate of drug-likeness (QED) is 0.652. The van der Waals surface area contributed by atoms with Crippen LogP contribution in [0.4, 0.5) is 10.5 Å². The van der Waals surface area contributed by atoms with Gasteiger partial charge in [0.15, 0.2) is 0 Å². The Bertz CT molecular complexity index is 460. The minimum absolute atomic E-state index is 0.108. The number of carbonyl (C=O) groups is 1. The molecule has 130 valence electrons. The van der Waals surface area contributed by atoms with Gasteiger partial charge in [-0.3, -0.25) is 0 Å². The lowest BCUT2D eigenvalue weighted by molar-refractivity contribution is 0.0274. The zero-order chi connectivity index (χ0) is 17.2. The van der Waals surface area contributed by atoms with Gasteiger partial charge in [0.25, 0.3) is 0 Å². The van der Waals surface area contributed by atoms with Crippen LogP contribution in [0.25, 0.3) is 0 Å². The summed E-state index contributed by atoms with van der Waals surface area (Å²) in [6.07, 6.45) is -0.613. The van der Waals surface area contributed by atoms with E-state index >= 15 is 0 Å². The van der Waals surface area contributed by atoms with Gasteiger partial charge in [-0.25, -0.2) is 4.79 Å². The Morgan fingerprint density at radius 1 is 1.13 bits per heavy atom. The van der Waals surface area contributed by atoms with E-state index in [4.69, 9.17) is 9.47 Å². The van der Waals surface area contributed by atoms with Gasteiger partial charge in [0.2, 0.25) is 0 Å². The molecule has 0 bridgehead atoms. The third-order valence-electron chi connectivity index (χ3n) is 2.74. The van der Waals surface area contributed by atoms with Gasteiger partial charge in [0.1, 0.15) is 5.75 Å². The zero-order valence-electron chi connectivity index (χ0n) is 14.3. The van der Waals surface area contributed by atoms with E-state index in [2.05, 4.69) is 10.6 Å². The molecule has 1 rings (SSSR count). The predicted octanol–water partition coefficient (Wildman–Crippen LogP) is 2.63. The Balaban J connectivity index is 2.27. The van der Waals surface area contributed by atoms with Crippen molar-refractivity contribution in [1.29, 1.82) is 0 Å². The summed E-state index contributed by atoms with van der Waals surface area (Å²) in [5.74, 6) is 1.17. The summed E-state index contributed by atoms with van der Waals surface area (Å²) < 4.78 is 10.8. The van der Waals surface area contributed by atoms with Crippen molar-refractivity contribution in [3.05, 3.63) is 24.3 Å². The van der Waals surface area contributed by atoms with Crippen LogP contribution in [0.15, 0.2) is 24.3 Å². The molecule has 6 heteroatoms. The van der Waals surface area contributed by atoms with Gasteiger partial charge in [0.05, 0.1) is 18.8 Å². The summed E-state index contributed by atoms with van der Waals surface area (Å²) in [5.41, 5.74) is 0.657. The molecule has 0 saturated carbocycles. The van der Waals surface area contributed by atoms with Gasteiger partial charge in [-0.2, -0.15) is 0 Å². The number of benzene rings is 1. The first-order chi connectivity index (χ1) is 10.9. The lowest BCUT2D eigenvalue weighted by Crippen LogP contribution is -2.37. The number of rotatable bonds is 9. The van der Waals surface area contributed by atoms with E-state index in [-0.39, 0.29) is 25.3 Å². The van der Waals surface area contributed by atoms with Crippen LogP contribution in [-0.2, 0) is 4.74 Å². The minimum Gasteiger partial charge on any atom is -0.491 e. The van der Waals surface area contributed by atoms with E-state index in [0.29, 0.717) is 18.2 Å². The number of nitrogens with one attached hydrogen (secondary N) is 2. The molecule has 1 atom stereocenters. The van der Waals surface area contributed by atoms with Crippen molar-refractivity contribution >= 4 is 11.7 Å². The maximum atomic E-state index is 11.8. The SMILES string of the molecule is CC(C)COCC(O)CNC(=O)Nc1ccc(OC(C)C)cc1. The molecule has 1 unspecified atom stereocenters. The number of ether oxygens (including phenoxy) is 2. The molecule has 0 aromatic heterocycles. The van der Waals surface area contributed by atoms with E-state index in [9.17, 15) is 9.90 Å². The lowest BCUT2D eigenvalue weighted by Gasteiger charge is -2.14. The second kappa shape index (κ2) is 10.1. The molecular formula is C17H28N2O4. The minimum atomic E-state index is -0.721. The molecule has 0 aliphatic rings. The van der Waals surface area contributed by atoms with E-state index in [1.807, 2.05) is 27.7 Å². The predicted molar refractivity (Wildman–Crippen MR) is 90.9 cm³/mol. The molecule has 0 aliphatic carbocycles. The number of hydrogen-bond acceptors (Lipinski definition) is 4. The average molecular weight is 324 g/mol. The van der Waals surface area contributed by atoms with Gasteiger partial charge in [-0.1, -0.05) is 13.8 Å². The van der Waals surface area contributed by atoms with Crippen molar-refractivity contribution in [3.8, 4) is 5.75 Å². The molecule has 0 aliphatic heterocycles. The number of anilines is 1. The van der Waals surface area contributed by atoms with Crippen LogP contribution in [-0.4, -0.2) is 43.1 Å². The number of hydrogen-bond donors (Lipinski definition) is 3. The first kappa shape index (κ1) is 19.3. The Kier molecular flexibility index (Phi) is 8.43. The Morgan fingerprint density at radius 3 is 2.35 bits per heavy atom. The normalized spacial score (nSPS) is 12.3. The molecule has 0 spiro atoms. The van der Waals surface area contributed by atoms with E-state index in [1.54, 1.807) is 24.3 Å². The fraction of sp³-hybridized carbons (Fsp3) is 0.588. The van der Waals surface area contributed by atoms with Crippen LogP contribution in [0.5, 0.6) is 5.75 Å². The van der Waals surface area contributed by atoms with Crippen molar-refractivity contribution in [2.45, 2.75) is 39.9 Å². The van der Waals surface area contributed by atoms with Crippen molar-refractivity contribution in [1.82, 2.24) is 5.32 Å². The standard InChI is InChI=1S/C17H28N2O4/c1-12(2)10-22-11-15(20)9-18-17(21)19-14-5-7-16(8-6-14)23-13(3)4/h5-8,12-13,15,20H,9-11H2,1-4H3,(H2,18,19,21). The Labute approximate surface area is 138 Å². The Morgan fingerprint density at radius 2 is 1.78 bits per heavy atom. The summed E-state index contributed by atoms with van der Waals surface area (Å²) in [4.78, 5) is 11.8. The third kappa shape index (κ3) is 9.05. The summed E-state index contributed by atoms with van der Waals surface area (Å²) >= 11 is 0. The highest BCUT2D eigenvalue weighted by Crippen LogP contribution is 2.16. The molecule has 23 heavy (non-hydrogen) atoms. The van der Waals surface area contributed by atoms with E-state index in [0.717, 1.165) is 5.75 Å². The van der Waals surface area contributed by atoms with Crippen LogP contribution >= 0.6 is 0 Å². The Hall–Kier alpha value is -1.79. The monoisotopic (exact) mass is 324 g/mol. The molecule has 3 N–H and O–H groups in total. The molecule has 0 heterocycles. The molecule has 0 saturated heterocycles. The lowest BCUT2D eigenvalue weighted by atomic mass is 10.2. The highest BCUT2D eigenvalue weighted by atomic mass is 16.5. The second-order valence-electron chi connectivity index (χ2n) is 6.11. The third-order valence-corrected chi connectivity index (χ3v) is 2.74. The van der Waals surface area contributed by atoms with Crippen molar-refractivity contribution < 1.29 is 19.4 Å². The number of amides is 2. The smallest absolute Gasteiger partial charge is 0.319 e. The van der Waals surface area contributed by atoms with Crippen LogP contribution < -0.4 is 15.4 Å². The van der Waals surface area contributed by atoms with Gasteiger partial charge in [-0.15, -0.1) is 0 Å². The molecule has 1 aromatic rings. The van der Waals surface area contributed by atoms with Crippen LogP contribution in [0.2, 0.25) is 0 Å². The second-order valence-corrected chi connectivity index (χ2v) is 6.11. The van der Waals surface area contributed by atoms with Gasteiger partial charge in [-0.05, 0) is 44.0 Å². The van der Waals surface area contributed by atoms with Crippen LogP contribution in [0.3, 0.4) is 0 Å². The largest absolute Gasteiger partial charge is 0.491 e. The molecule has 0 radical (unpaired) electrons. The molecule has 1 aromatic carbocycles. The van der Waals surface area contributed by atoms with Gasteiger partial charge >= 0.3 is 6.03 Å². The molecule has 0 fully saturated rings. The fourth-order valence-corrected chi connectivity index (χ4v) is 1.77. The maximum absolute atomic E-state index is 11.8. The van der Waals surface area contributed by atoms with Gasteiger partial charge in [0, 0.05) is 18.8 Å². The first-order valence-electron chi connectivity index (χ1n) is 7.94. The summed E-state index contributed by atoms with van der Waals surface area (Å²) in [7, 11) is 0. The van der Waals surface area contributed by atoms with Crippen LogP contribution in [0, 0.1) is 5.92 Å². The number of carbonyl (C=O) groups excluding carboxylic acids is 1. The van der Waals surface area contributed by atoms with E-state index in [1.165, 1.54) is 0 Å². The highest BCUT2D eigenvalue weighted by Gasteiger charge is 2.08.